The van der Waals surface area contributed by atoms with Crippen molar-refractivity contribution in [3.63, 3.8) is 0 Å². The van der Waals surface area contributed by atoms with E-state index in [9.17, 15) is 9.59 Å². The Bertz CT molecular complexity index is 385. The summed E-state index contributed by atoms with van der Waals surface area (Å²) in [6.07, 6.45) is 0.202. The number of nitrogens with two attached hydrogens (primary N) is 1. The summed E-state index contributed by atoms with van der Waals surface area (Å²) in [7, 11) is 0. The van der Waals surface area contributed by atoms with Crippen LogP contribution in [-0.2, 0) is 22.4 Å². The van der Waals surface area contributed by atoms with E-state index in [1.54, 1.807) is 24.3 Å². The Morgan fingerprint density at radius 1 is 1.12 bits per heavy atom. The van der Waals surface area contributed by atoms with E-state index in [1.807, 2.05) is 0 Å². The van der Waals surface area contributed by atoms with Crippen molar-refractivity contribution in [1.82, 2.24) is 0 Å². The molecule has 0 aromatic heterocycles. The monoisotopic (exact) mass is 223 g/mol. The molecule has 0 unspecified atom stereocenters. The fraction of sp³-hybridized carbons (Fsp3) is 0.273. The maximum Gasteiger partial charge on any atom is 0.320 e. The van der Waals surface area contributed by atoms with Crippen molar-refractivity contribution in [1.29, 1.82) is 0 Å². The van der Waals surface area contributed by atoms with Crippen LogP contribution in [0.2, 0.25) is 0 Å². The van der Waals surface area contributed by atoms with Crippen molar-refractivity contribution < 1.29 is 19.8 Å². The first-order valence-electron chi connectivity index (χ1n) is 4.77. The van der Waals surface area contributed by atoms with E-state index in [0.29, 0.717) is 5.56 Å². The second-order valence-corrected chi connectivity index (χ2v) is 3.54. The van der Waals surface area contributed by atoms with Gasteiger partial charge in [0.05, 0.1) is 6.42 Å². The Labute approximate surface area is 92.5 Å². The van der Waals surface area contributed by atoms with Crippen molar-refractivity contribution in [2.75, 3.05) is 0 Å². The van der Waals surface area contributed by atoms with E-state index < -0.39 is 18.0 Å². The van der Waals surface area contributed by atoms with Gasteiger partial charge in [0.1, 0.15) is 6.04 Å². The van der Waals surface area contributed by atoms with Gasteiger partial charge in [0.2, 0.25) is 0 Å². The first-order chi connectivity index (χ1) is 7.49. The summed E-state index contributed by atoms with van der Waals surface area (Å²) in [5.74, 6) is -1.94. The molecule has 0 bridgehead atoms. The molecule has 0 aliphatic heterocycles. The zero-order chi connectivity index (χ0) is 12.1. The van der Waals surface area contributed by atoms with Crippen LogP contribution in [0.15, 0.2) is 24.3 Å². The van der Waals surface area contributed by atoms with Crippen LogP contribution in [0.1, 0.15) is 11.1 Å². The lowest BCUT2D eigenvalue weighted by Crippen LogP contribution is -2.32. The molecule has 0 saturated carbocycles. The van der Waals surface area contributed by atoms with Gasteiger partial charge in [-0.25, -0.2) is 0 Å². The molecule has 1 rings (SSSR count). The van der Waals surface area contributed by atoms with Gasteiger partial charge in [-0.3, -0.25) is 9.59 Å². The number of hydrogen-bond acceptors (Lipinski definition) is 3. The quantitative estimate of drug-likeness (QED) is 0.665. The van der Waals surface area contributed by atoms with E-state index in [0.717, 1.165) is 5.56 Å². The summed E-state index contributed by atoms with van der Waals surface area (Å²) in [5, 5.41) is 17.2. The fourth-order valence-electron chi connectivity index (χ4n) is 1.31. The summed E-state index contributed by atoms with van der Waals surface area (Å²) < 4.78 is 0. The highest BCUT2D eigenvalue weighted by molar-refractivity contribution is 5.73. The molecule has 0 heterocycles. The minimum absolute atomic E-state index is 0.0364. The molecule has 1 aromatic carbocycles. The van der Waals surface area contributed by atoms with Gasteiger partial charge in [-0.05, 0) is 17.5 Å². The van der Waals surface area contributed by atoms with Gasteiger partial charge in [-0.2, -0.15) is 0 Å². The van der Waals surface area contributed by atoms with E-state index in [4.69, 9.17) is 15.9 Å². The molecule has 4 N–H and O–H groups in total. The third-order valence-corrected chi connectivity index (χ3v) is 2.15. The molecule has 0 spiro atoms. The van der Waals surface area contributed by atoms with Gasteiger partial charge in [-0.15, -0.1) is 0 Å². The molecule has 86 valence electrons. The summed E-state index contributed by atoms with van der Waals surface area (Å²) in [4.78, 5) is 20.9. The van der Waals surface area contributed by atoms with E-state index in [1.165, 1.54) is 0 Å². The van der Waals surface area contributed by atoms with Crippen LogP contribution < -0.4 is 5.73 Å². The summed E-state index contributed by atoms with van der Waals surface area (Å²) in [5.41, 5.74) is 6.84. The molecule has 5 heteroatoms. The van der Waals surface area contributed by atoms with E-state index in [-0.39, 0.29) is 12.8 Å². The van der Waals surface area contributed by atoms with Crippen molar-refractivity contribution in [3.8, 4) is 0 Å². The second kappa shape index (κ2) is 5.27. The molecule has 16 heavy (non-hydrogen) atoms. The van der Waals surface area contributed by atoms with Crippen LogP contribution in [0.3, 0.4) is 0 Å². The molecule has 1 aromatic rings. The van der Waals surface area contributed by atoms with Crippen molar-refractivity contribution in [2.45, 2.75) is 18.9 Å². The molecule has 0 saturated heterocycles. The molecular weight excluding hydrogens is 210 g/mol. The maximum atomic E-state index is 10.5. The van der Waals surface area contributed by atoms with Crippen molar-refractivity contribution in [3.05, 3.63) is 35.4 Å². The number of carboxylic acid groups (broad SMARTS) is 2. The lowest BCUT2D eigenvalue weighted by Gasteiger charge is -2.06. The predicted molar refractivity (Wildman–Crippen MR) is 57.1 cm³/mol. The molecule has 0 aliphatic rings. The largest absolute Gasteiger partial charge is 0.481 e. The van der Waals surface area contributed by atoms with Crippen LogP contribution in [0.4, 0.5) is 0 Å². The lowest BCUT2D eigenvalue weighted by molar-refractivity contribution is -0.138. The highest BCUT2D eigenvalue weighted by atomic mass is 16.4. The Kier molecular flexibility index (Phi) is 4.02. The van der Waals surface area contributed by atoms with Crippen molar-refractivity contribution in [2.24, 2.45) is 5.73 Å². The Balaban J connectivity index is 2.64. The fourth-order valence-corrected chi connectivity index (χ4v) is 1.31. The predicted octanol–water partition coefficient (Wildman–Crippen LogP) is 0.268. The van der Waals surface area contributed by atoms with Gasteiger partial charge < -0.3 is 15.9 Å². The lowest BCUT2D eigenvalue weighted by atomic mass is 10.0. The topological polar surface area (TPSA) is 101 Å². The summed E-state index contributed by atoms with van der Waals surface area (Å²) in [6.45, 7) is 0. The van der Waals surface area contributed by atoms with Crippen LogP contribution in [0, 0.1) is 0 Å². The smallest absolute Gasteiger partial charge is 0.320 e. The first-order valence-corrected chi connectivity index (χ1v) is 4.77. The average Bonchev–Trinajstić information content (AvgIpc) is 2.20. The maximum absolute atomic E-state index is 10.5. The van der Waals surface area contributed by atoms with Crippen molar-refractivity contribution >= 4 is 11.9 Å². The zero-order valence-electron chi connectivity index (χ0n) is 8.59. The van der Waals surface area contributed by atoms with Gasteiger partial charge in [0.15, 0.2) is 0 Å². The molecule has 0 aliphatic carbocycles. The van der Waals surface area contributed by atoms with Gasteiger partial charge >= 0.3 is 11.9 Å². The van der Waals surface area contributed by atoms with Crippen LogP contribution in [0.5, 0.6) is 0 Å². The highest BCUT2D eigenvalue weighted by Crippen LogP contribution is 2.07. The Morgan fingerprint density at radius 3 is 2.06 bits per heavy atom. The van der Waals surface area contributed by atoms with Gasteiger partial charge in [-0.1, -0.05) is 24.3 Å². The Hall–Kier alpha value is -1.88. The number of carboxylic acids is 2. The van der Waals surface area contributed by atoms with Crippen LogP contribution in [-0.4, -0.2) is 28.2 Å². The number of carbonyl (C=O) groups is 2. The van der Waals surface area contributed by atoms with E-state index >= 15 is 0 Å². The average molecular weight is 223 g/mol. The highest BCUT2D eigenvalue weighted by Gasteiger charge is 2.11. The second-order valence-electron chi connectivity index (χ2n) is 3.54. The van der Waals surface area contributed by atoms with Gasteiger partial charge in [0.25, 0.3) is 0 Å². The molecular formula is C11H13NO4. The molecule has 0 fully saturated rings. The number of aliphatic carboxylic acids is 2. The van der Waals surface area contributed by atoms with E-state index in [2.05, 4.69) is 0 Å². The first kappa shape index (κ1) is 12.2. The van der Waals surface area contributed by atoms with Crippen LogP contribution in [0.25, 0.3) is 0 Å². The zero-order valence-corrected chi connectivity index (χ0v) is 8.59. The molecule has 1 atom stereocenters. The molecule has 5 nitrogen and oxygen atoms in total. The number of benzene rings is 1. The minimum Gasteiger partial charge on any atom is -0.481 e. The minimum atomic E-state index is -1.05. The third-order valence-electron chi connectivity index (χ3n) is 2.15. The summed E-state index contributed by atoms with van der Waals surface area (Å²) in [6, 6.07) is 5.79. The normalized spacial score (nSPS) is 12.1. The van der Waals surface area contributed by atoms with Gasteiger partial charge in [0, 0.05) is 0 Å². The third kappa shape index (κ3) is 3.70. The van der Waals surface area contributed by atoms with Crippen LogP contribution >= 0.6 is 0 Å². The summed E-state index contributed by atoms with van der Waals surface area (Å²) >= 11 is 0. The molecule has 0 amide bonds. The number of hydrogen-bond donors (Lipinski definition) is 3. The Morgan fingerprint density at radius 2 is 1.62 bits per heavy atom. The molecule has 0 radical (unpaired) electrons. The standard InChI is InChI=1S/C11H13NO4/c12-9(11(15)16)5-7-1-3-8(4-2-7)6-10(13)14/h1-4,9H,5-6,12H2,(H,13,14)(H,15,16)/t9-/m1/s1. The number of rotatable bonds is 5. The SMILES string of the molecule is N[C@H](Cc1ccc(CC(=O)O)cc1)C(=O)O.